The lowest BCUT2D eigenvalue weighted by Crippen LogP contribution is -2.40. The highest BCUT2D eigenvalue weighted by molar-refractivity contribution is 5.95. The minimum absolute atomic E-state index is 0.0278. The number of alkyl halides is 2. The number of benzene rings is 2. The van der Waals surface area contributed by atoms with Gasteiger partial charge >= 0.3 is 6.09 Å². The summed E-state index contributed by atoms with van der Waals surface area (Å²) in [5.41, 5.74) is 1.49. The van der Waals surface area contributed by atoms with Crippen LogP contribution in [0.3, 0.4) is 0 Å². The number of carboxylic acid groups (broad SMARTS) is 1. The number of carbonyl (C=O) groups excluding carboxylic acids is 1. The third kappa shape index (κ3) is 4.51. The minimum Gasteiger partial charge on any atom is -0.465 e. The Morgan fingerprint density at radius 2 is 1.77 bits per heavy atom. The van der Waals surface area contributed by atoms with Crippen LogP contribution in [-0.2, 0) is 11.3 Å². The number of fused-ring (bicyclic) bond motifs is 1. The van der Waals surface area contributed by atoms with Crippen LogP contribution in [0, 0.1) is 0 Å². The standard InChI is InChI=1S/C22H20F2N2O5/c23-20(24)18-11-15(9-16-10-17(31-19(16)18)12-25-22(28)29)13-1-3-14(4-2-13)21(27)26-5-7-30-8-6-26/h1-4,9-11,20,25H,5-8,12H2,(H,28,29). The van der Waals surface area contributed by atoms with Crippen molar-refractivity contribution in [1.82, 2.24) is 10.2 Å². The lowest BCUT2D eigenvalue weighted by Gasteiger charge is -2.26. The number of rotatable bonds is 5. The van der Waals surface area contributed by atoms with Gasteiger partial charge in [0.15, 0.2) is 0 Å². The molecule has 0 saturated carbocycles. The van der Waals surface area contributed by atoms with E-state index in [1.807, 2.05) is 0 Å². The Hall–Kier alpha value is -3.46. The molecule has 31 heavy (non-hydrogen) atoms. The van der Waals surface area contributed by atoms with E-state index in [0.717, 1.165) is 0 Å². The molecule has 162 valence electrons. The van der Waals surface area contributed by atoms with E-state index >= 15 is 0 Å². The number of nitrogens with one attached hydrogen (secondary N) is 1. The molecule has 9 heteroatoms. The van der Waals surface area contributed by atoms with Crippen molar-refractivity contribution < 1.29 is 32.6 Å². The van der Waals surface area contributed by atoms with Crippen LogP contribution in [-0.4, -0.2) is 48.3 Å². The van der Waals surface area contributed by atoms with Gasteiger partial charge in [0.25, 0.3) is 12.3 Å². The fourth-order valence-corrected chi connectivity index (χ4v) is 3.57. The van der Waals surface area contributed by atoms with Gasteiger partial charge in [-0.2, -0.15) is 0 Å². The first-order valence-corrected chi connectivity index (χ1v) is 9.71. The molecule has 0 spiro atoms. The smallest absolute Gasteiger partial charge is 0.405 e. The van der Waals surface area contributed by atoms with E-state index in [-0.39, 0.29) is 29.4 Å². The molecule has 0 radical (unpaired) electrons. The molecule has 2 aromatic carbocycles. The van der Waals surface area contributed by atoms with Gasteiger partial charge in [0.1, 0.15) is 11.3 Å². The Balaban J connectivity index is 1.63. The number of halogens is 2. The van der Waals surface area contributed by atoms with Gasteiger partial charge in [-0.05, 0) is 41.5 Å². The van der Waals surface area contributed by atoms with Crippen molar-refractivity contribution in [2.24, 2.45) is 0 Å². The zero-order valence-corrected chi connectivity index (χ0v) is 16.4. The van der Waals surface area contributed by atoms with E-state index in [4.69, 9.17) is 14.3 Å². The molecule has 3 aromatic rings. The summed E-state index contributed by atoms with van der Waals surface area (Å²) in [6.07, 6.45) is -4.00. The van der Waals surface area contributed by atoms with Gasteiger partial charge in [-0.25, -0.2) is 13.6 Å². The van der Waals surface area contributed by atoms with Crippen LogP contribution in [0.1, 0.15) is 28.1 Å². The van der Waals surface area contributed by atoms with Gasteiger partial charge in [-0.3, -0.25) is 4.79 Å². The highest BCUT2D eigenvalue weighted by Gasteiger charge is 2.20. The molecular formula is C22H20F2N2O5. The minimum atomic E-state index is -2.77. The SMILES string of the molecule is O=C(O)NCc1cc2cc(-c3ccc(C(=O)N4CCOCC4)cc3)cc(C(F)F)c2o1. The van der Waals surface area contributed by atoms with Crippen molar-refractivity contribution in [1.29, 1.82) is 0 Å². The summed E-state index contributed by atoms with van der Waals surface area (Å²) in [6.45, 7) is 1.97. The Morgan fingerprint density at radius 1 is 1.06 bits per heavy atom. The average Bonchev–Trinajstić information content (AvgIpc) is 3.20. The van der Waals surface area contributed by atoms with Gasteiger partial charge in [0.05, 0.1) is 25.3 Å². The summed E-state index contributed by atoms with van der Waals surface area (Å²) in [4.78, 5) is 25.0. The second-order valence-electron chi connectivity index (χ2n) is 7.14. The summed E-state index contributed by atoms with van der Waals surface area (Å²) in [5, 5.41) is 11.3. The van der Waals surface area contributed by atoms with Crippen LogP contribution in [0.4, 0.5) is 13.6 Å². The van der Waals surface area contributed by atoms with Gasteiger partial charge in [0.2, 0.25) is 0 Å². The van der Waals surface area contributed by atoms with E-state index in [2.05, 4.69) is 5.32 Å². The average molecular weight is 430 g/mol. The van der Waals surface area contributed by atoms with Gasteiger partial charge in [-0.1, -0.05) is 12.1 Å². The molecule has 1 aromatic heterocycles. The van der Waals surface area contributed by atoms with Gasteiger partial charge in [0, 0.05) is 24.0 Å². The number of furan rings is 1. The maximum Gasteiger partial charge on any atom is 0.405 e. The van der Waals surface area contributed by atoms with Crippen molar-refractivity contribution in [3.63, 3.8) is 0 Å². The molecule has 1 aliphatic rings. The van der Waals surface area contributed by atoms with Crippen LogP contribution in [0.15, 0.2) is 46.9 Å². The molecule has 2 heterocycles. The third-order valence-corrected chi connectivity index (χ3v) is 5.11. The summed E-state index contributed by atoms with van der Waals surface area (Å²) in [6, 6.07) is 11.4. The first-order valence-electron chi connectivity index (χ1n) is 9.71. The lowest BCUT2D eigenvalue weighted by molar-refractivity contribution is 0.0303. The summed E-state index contributed by atoms with van der Waals surface area (Å²) >= 11 is 0. The molecule has 7 nitrogen and oxygen atoms in total. The number of nitrogens with zero attached hydrogens (tertiary/aromatic N) is 1. The van der Waals surface area contributed by atoms with Crippen molar-refractivity contribution in [3.05, 3.63) is 59.4 Å². The molecule has 1 aliphatic heterocycles. The maximum atomic E-state index is 13.7. The number of hydrogen-bond donors (Lipinski definition) is 2. The predicted octanol–water partition coefficient (Wildman–Crippen LogP) is 4.28. The first kappa shape index (κ1) is 20.8. The van der Waals surface area contributed by atoms with E-state index in [1.54, 1.807) is 35.2 Å². The number of amides is 2. The summed E-state index contributed by atoms with van der Waals surface area (Å²) < 4.78 is 38.0. The van der Waals surface area contributed by atoms with Gasteiger partial charge < -0.3 is 24.5 Å². The number of morpholine rings is 1. The maximum absolute atomic E-state index is 13.7. The largest absolute Gasteiger partial charge is 0.465 e. The molecule has 1 saturated heterocycles. The van der Waals surface area contributed by atoms with Crippen molar-refractivity contribution in [2.45, 2.75) is 13.0 Å². The molecule has 0 bridgehead atoms. The Bertz CT molecular complexity index is 1110. The van der Waals surface area contributed by atoms with Crippen LogP contribution < -0.4 is 5.32 Å². The molecule has 0 aliphatic carbocycles. The van der Waals surface area contributed by atoms with Crippen molar-refractivity contribution in [2.75, 3.05) is 26.3 Å². The normalized spacial score (nSPS) is 14.2. The van der Waals surface area contributed by atoms with E-state index in [9.17, 15) is 18.4 Å². The van der Waals surface area contributed by atoms with Crippen molar-refractivity contribution >= 4 is 23.0 Å². The Morgan fingerprint density at radius 3 is 2.42 bits per heavy atom. The second-order valence-corrected chi connectivity index (χ2v) is 7.14. The number of carbonyl (C=O) groups is 2. The summed E-state index contributed by atoms with van der Waals surface area (Å²) in [7, 11) is 0. The zero-order chi connectivity index (χ0) is 22.0. The topological polar surface area (TPSA) is 92.0 Å². The highest BCUT2D eigenvalue weighted by Crippen LogP contribution is 2.35. The molecule has 4 rings (SSSR count). The lowest BCUT2D eigenvalue weighted by atomic mass is 9.99. The fourth-order valence-electron chi connectivity index (χ4n) is 3.57. The number of hydrogen-bond acceptors (Lipinski definition) is 4. The Labute approximate surface area is 176 Å². The zero-order valence-electron chi connectivity index (χ0n) is 16.4. The predicted molar refractivity (Wildman–Crippen MR) is 108 cm³/mol. The molecule has 2 amide bonds. The molecule has 1 fully saturated rings. The highest BCUT2D eigenvalue weighted by atomic mass is 19.3. The fraction of sp³-hybridized carbons (Fsp3) is 0.273. The second kappa shape index (κ2) is 8.73. The third-order valence-electron chi connectivity index (χ3n) is 5.11. The molecular weight excluding hydrogens is 410 g/mol. The van der Waals surface area contributed by atoms with Crippen LogP contribution in [0.5, 0.6) is 0 Å². The summed E-state index contributed by atoms with van der Waals surface area (Å²) in [5.74, 6) is 0.145. The van der Waals surface area contributed by atoms with Crippen LogP contribution >= 0.6 is 0 Å². The molecule has 0 atom stereocenters. The van der Waals surface area contributed by atoms with E-state index in [0.29, 0.717) is 48.4 Å². The quantitative estimate of drug-likeness (QED) is 0.631. The van der Waals surface area contributed by atoms with Crippen molar-refractivity contribution in [3.8, 4) is 11.1 Å². The Kier molecular flexibility index (Phi) is 5.85. The van der Waals surface area contributed by atoms with Crippen LogP contribution in [0.2, 0.25) is 0 Å². The monoisotopic (exact) mass is 430 g/mol. The van der Waals surface area contributed by atoms with E-state index in [1.165, 1.54) is 12.1 Å². The molecule has 0 unspecified atom stereocenters. The van der Waals surface area contributed by atoms with E-state index < -0.39 is 12.5 Å². The van der Waals surface area contributed by atoms with Gasteiger partial charge in [-0.15, -0.1) is 0 Å². The first-order chi connectivity index (χ1) is 14.9. The molecule has 2 N–H and O–H groups in total. The number of ether oxygens (including phenoxy) is 1. The van der Waals surface area contributed by atoms with Crippen LogP contribution in [0.25, 0.3) is 22.1 Å².